The van der Waals surface area contributed by atoms with Gasteiger partial charge in [0, 0.05) is 19.1 Å². The topological polar surface area (TPSA) is 15.3 Å². The SMILES string of the molecule is CCN(CC(C)C)C[C@H]1CCCN1. The minimum Gasteiger partial charge on any atom is -0.313 e. The molecule has 1 fully saturated rings. The summed E-state index contributed by atoms with van der Waals surface area (Å²) in [6, 6.07) is 0.763. The van der Waals surface area contributed by atoms with Crippen molar-refractivity contribution in [3.05, 3.63) is 0 Å². The fraction of sp³-hybridized carbons (Fsp3) is 1.00. The smallest absolute Gasteiger partial charge is 0.0195 e. The predicted molar refractivity (Wildman–Crippen MR) is 58.0 cm³/mol. The lowest BCUT2D eigenvalue weighted by molar-refractivity contribution is 0.235. The van der Waals surface area contributed by atoms with Crippen LogP contribution in [0.2, 0.25) is 0 Å². The molecule has 0 aliphatic carbocycles. The normalized spacial score (nSPS) is 23.3. The first-order valence-corrected chi connectivity index (χ1v) is 5.68. The van der Waals surface area contributed by atoms with Crippen LogP contribution >= 0.6 is 0 Å². The Bertz CT molecular complexity index is 128. The van der Waals surface area contributed by atoms with Crippen molar-refractivity contribution < 1.29 is 0 Å². The maximum absolute atomic E-state index is 3.55. The van der Waals surface area contributed by atoms with Crippen LogP contribution in [0.4, 0.5) is 0 Å². The van der Waals surface area contributed by atoms with Gasteiger partial charge in [0.15, 0.2) is 0 Å². The summed E-state index contributed by atoms with van der Waals surface area (Å²) in [7, 11) is 0. The number of hydrogen-bond donors (Lipinski definition) is 1. The lowest BCUT2D eigenvalue weighted by Crippen LogP contribution is -2.39. The molecule has 0 unspecified atom stereocenters. The molecule has 1 rings (SSSR count). The highest BCUT2D eigenvalue weighted by Crippen LogP contribution is 2.08. The molecule has 0 amide bonds. The van der Waals surface area contributed by atoms with Gasteiger partial charge in [-0.15, -0.1) is 0 Å². The minimum absolute atomic E-state index is 0.763. The van der Waals surface area contributed by atoms with Crippen LogP contribution in [0.15, 0.2) is 0 Å². The van der Waals surface area contributed by atoms with Crippen molar-refractivity contribution in [1.82, 2.24) is 10.2 Å². The highest BCUT2D eigenvalue weighted by atomic mass is 15.1. The number of nitrogens with one attached hydrogen (secondary N) is 1. The molecule has 1 N–H and O–H groups in total. The Morgan fingerprint density at radius 3 is 2.69 bits per heavy atom. The summed E-state index contributed by atoms with van der Waals surface area (Å²) in [6.45, 7) is 11.8. The van der Waals surface area contributed by atoms with Crippen LogP contribution in [-0.4, -0.2) is 37.1 Å². The summed E-state index contributed by atoms with van der Waals surface area (Å²) in [4.78, 5) is 2.56. The molecule has 0 saturated carbocycles. The second kappa shape index (κ2) is 5.61. The molecule has 0 aromatic carbocycles. The molecule has 0 spiro atoms. The van der Waals surface area contributed by atoms with Gasteiger partial charge in [0.05, 0.1) is 0 Å². The molecule has 0 radical (unpaired) electrons. The van der Waals surface area contributed by atoms with E-state index in [9.17, 15) is 0 Å². The van der Waals surface area contributed by atoms with E-state index in [1.807, 2.05) is 0 Å². The average Bonchev–Trinajstić information content (AvgIpc) is 2.55. The Balaban J connectivity index is 2.21. The van der Waals surface area contributed by atoms with Crippen LogP contribution in [0.3, 0.4) is 0 Å². The van der Waals surface area contributed by atoms with E-state index in [4.69, 9.17) is 0 Å². The van der Waals surface area contributed by atoms with Crippen molar-refractivity contribution in [3.8, 4) is 0 Å². The molecule has 0 aromatic heterocycles. The molecule has 2 nitrogen and oxygen atoms in total. The Morgan fingerprint density at radius 2 is 2.23 bits per heavy atom. The number of hydrogen-bond acceptors (Lipinski definition) is 2. The summed E-state index contributed by atoms with van der Waals surface area (Å²) >= 11 is 0. The molecule has 1 aliphatic heterocycles. The predicted octanol–water partition coefficient (Wildman–Crippen LogP) is 1.72. The van der Waals surface area contributed by atoms with Gasteiger partial charge in [0.1, 0.15) is 0 Å². The lowest BCUT2D eigenvalue weighted by atomic mass is 10.1. The second-order valence-corrected chi connectivity index (χ2v) is 4.54. The van der Waals surface area contributed by atoms with Crippen molar-refractivity contribution in [1.29, 1.82) is 0 Å². The van der Waals surface area contributed by atoms with E-state index in [1.165, 1.54) is 39.0 Å². The molecular formula is C11H24N2. The fourth-order valence-electron chi connectivity index (χ4n) is 2.07. The third-order valence-electron chi connectivity index (χ3n) is 2.71. The average molecular weight is 184 g/mol. The zero-order valence-electron chi connectivity index (χ0n) is 9.34. The molecule has 2 heteroatoms. The third kappa shape index (κ3) is 4.10. The first-order chi connectivity index (χ1) is 6.22. The molecule has 0 aromatic rings. The Morgan fingerprint density at radius 1 is 1.46 bits per heavy atom. The van der Waals surface area contributed by atoms with Crippen LogP contribution < -0.4 is 5.32 Å². The first-order valence-electron chi connectivity index (χ1n) is 5.68. The van der Waals surface area contributed by atoms with E-state index in [0.29, 0.717) is 0 Å². The van der Waals surface area contributed by atoms with Gasteiger partial charge >= 0.3 is 0 Å². The van der Waals surface area contributed by atoms with Gasteiger partial charge < -0.3 is 10.2 Å². The quantitative estimate of drug-likeness (QED) is 0.700. The Labute approximate surface area is 82.7 Å². The number of likely N-dealkylation sites (N-methyl/N-ethyl adjacent to an activating group) is 1. The molecular weight excluding hydrogens is 160 g/mol. The second-order valence-electron chi connectivity index (χ2n) is 4.54. The zero-order chi connectivity index (χ0) is 9.68. The summed E-state index contributed by atoms with van der Waals surface area (Å²) in [5.74, 6) is 0.793. The van der Waals surface area contributed by atoms with E-state index in [2.05, 4.69) is 31.0 Å². The standard InChI is InChI=1S/C11H24N2/c1-4-13(8-10(2)3)9-11-6-5-7-12-11/h10-12H,4-9H2,1-3H3/t11-/m1/s1. The molecule has 1 saturated heterocycles. The van der Waals surface area contributed by atoms with E-state index in [0.717, 1.165) is 12.0 Å². The summed E-state index contributed by atoms with van der Waals surface area (Å²) in [5.41, 5.74) is 0. The summed E-state index contributed by atoms with van der Waals surface area (Å²) < 4.78 is 0. The van der Waals surface area contributed by atoms with Crippen molar-refractivity contribution in [3.63, 3.8) is 0 Å². The van der Waals surface area contributed by atoms with Gasteiger partial charge in [-0.1, -0.05) is 20.8 Å². The van der Waals surface area contributed by atoms with Gasteiger partial charge in [-0.25, -0.2) is 0 Å². The van der Waals surface area contributed by atoms with Gasteiger partial charge in [-0.2, -0.15) is 0 Å². The fourth-order valence-corrected chi connectivity index (χ4v) is 2.07. The van der Waals surface area contributed by atoms with Crippen molar-refractivity contribution in [2.24, 2.45) is 5.92 Å². The van der Waals surface area contributed by atoms with Gasteiger partial charge in [0.2, 0.25) is 0 Å². The largest absolute Gasteiger partial charge is 0.313 e. The van der Waals surface area contributed by atoms with Crippen molar-refractivity contribution in [2.75, 3.05) is 26.2 Å². The summed E-state index contributed by atoms with van der Waals surface area (Å²) in [5, 5.41) is 3.55. The highest BCUT2D eigenvalue weighted by molar-refractivity contribution is 4.77. The number of nitrogens with zero attached hydrogens (tertiary/aromatic N) is 1. The number of rotatable bonds is 5. The van der Waals surface area contributed by atoms with E-state index < -0.39 is 0 Å². The zero-order valence-corrected chi connectivity index (χ0v) is 9.34. The van der Waals surface area contributed by atoms with Crippen LogP contribution in [-0.2, 0) is 0 Å². The molecule has 78 valence electrons. The molecule has 13 heavy (non-hydrogen) atoms. The van der Waals surface area contributed by atoms with Gasteiger partial charge in [0.25, 0.3) is 0 Å². The third-order valence-corrected chi connectivity index (χ3v) is 2.71. The van der Waals surface area contributed by atoms with E-state index in [1.54, 1.807) is 0 Å². The monoisotopic (exact) mass is 184 g/mol. The first kappa shape index (κ1) is 11.0. The molecule has 1 heterocycles. The maximum Gasteiger partial charge on any atom is 0.0195 e. The van der Waals surface area contributed by atoms with Crippen LogP contribution in [0.1, 0.15) is 33.6 Å². The Kier molecular flexibility index (Phi) is 4.74. The maximum atomic E-state index is 3.55. The van der Waals surface area contributed by atoms with Crippen LogP contribution in [0, 0.1) is 5.92 Å². The van der Waals surface area contributed by atoms with Crippen molar-refractivity contribution in [2.45, 2.75) is 39.7 Å². The molecule has 1 aliphatic rings. The summed E-state index contributed by atoms with van der Waals surface area (Å²) in [6.07, 6.45) is 2.73. The minimum atomic E-state index is 0.763. The Hall–Kier alpha value is -0.0800. The molecule has 0 bridgehead atoms. The lowest BCUT2D eigenvalue weighted by Gasteiger charge is -2.25. The van der Waals surface area contributed by atoms with Crippen LogP contribution in [0.5, 0.6) is 0 Å². The van der Waals surface area contributed by atoms with Crippen LogP contribution in [0.25, 0.3) is 0 Å². The van der Waals surface area contributed by atoms with Gasteiger partial charge in [-0.3, -0.25) is 0 Å². The highest BCUT2D eigenvalue weighted by Gasteiger charge is 2.17. The van der Waals surface area contributed by atoms with Gasteiger partial charge in [-0.05, 0) is 31.8 Å². The van der Waals surface area contributed by atoms with E-state index >= 15 is 0 Å². The van der Waals surface area contributed by atoms with E-state index in [-0.39, 0.29) is 0 Å². The molecule has 1 atom stereocenters. The van der Waals surface area contributed by atoms with Crippen molar-refractivity contribution >= 4 is 0 Å².